The number of ether oxygens (including phenoxy) is 1. The van der Waals surface area contributed by atoms with Crippen molar-refractivity contribution >= 4 is 56.2 Å². The van der Waals surface area contributed by atoms with Crippen molar-refractivity contribution in [3.05, 3.63) is 28.7 Å². The molecule has 1 aliphatic heterocycles. The van der Waals surface area contributed by atoms with Gasteiger partial charge < -0.3 is 29.0 Å². The molecule has 204 valence electrons. The van der Waals surface area contributed by atoms with Gasteiger partial charge in [0.15, 0.2) is 10.9 Å². The van der Waals surface area contributed by atoms with E-state index >= 15 is 0 Å². The third kappa shape index (κ3) is 4.17. The highest BCUT2D eigenvalue weighted by atomic mass is 32.1. The molecule has 3 fully saturated rings. The highest BCUT2D eigenvalue weighted by Crippen LogP contribution is 2.40. The number of rotatable bonds is 7. The van der Waals surface area contributed by atoms with Crippen LogP contribution >= 0.6 is 11.3 Å². The summed E-state index contributed by atoms with van der Waals surface area (Å²) in [4.78, 5) is 45.8. The Labute approximate surface area is 229 Å². The number of hydrogen-bond acceptors (Lipinski definition) is 8. The van der Waals surface area contributed by atoms with Crippen LogP contribution in [0.5, 0.6) is 0 Å². The van der Waals surface area contributed by atoms with E-state index in [2.05, 4.69) is 20.2 Å². The van der Waals surface area contributed by atoms with Gasteiger partial charge in [0.05, 0.1) is 30.8 Å². The van der Waals surface area contributed by atoms with Crippen LogP contribution in [0.25, 0.3) is 22.1 Å². The van der Waals surface area contributed by atoms with Gasteiger partial charge in [-0.1, -0.05) is 11.3 Å². The molecule has 1 N–H and O–H groups in total. The van der Waals surface area contributed by atoms with Crippen LogP contribution in [0, 0.1) is 6.92 Å². The first kappa shape index (κ1) is 24.5. The Kier molecular flexibility index (Phi) is 5.85. The molecule has 12 heteroatoms. The molecule has 0 atom stereocenters. The van der Waals surface area contributed by atoms with Crippen LogP contribution in [-0.4, -0.2) is 84.1 Å². The topological polar surface area (TPSA) is 110 Å². The molecule has 4 aromatic heterocycles. The molecule has 3 aliphatic rings. The van der Waals surface area contributed by atoms with Gasteiger partial charge in [0.1, 0.15) is 21.7 Å². The second-order valence-corrected chi connectivity index (χ2v) is 11.7. The second-order valence-electron chi connectivity index (χ2n) is 10.7. The number of nitrogens with one attached hydrogen (secondary N) is 1. The van der Waals surface area contributed by atoms with Crippen LogP contribution in [0.1, 0.15) is 58.5 Å². The summed E-state index contributed by atoms with van der Waals surface area (Å²) in [7, 11) is 1.96. The predicted octanol–water partition coefficient (Wildman–Crippen LogP) is 3.69. The highest BCUT2D eigenvalue weighted by Gasteiger charge is 2.43. The number of pyridine rings is 1. The van der Waals surface area contributed by atoms with Gasteiger partial charge in [0.25, 0.3) is 11.8 Å². The number of fused-ring (bicyclic) bond motifs is 3. The van der Waals surface area contributed by atoms with Gasteiger partial charge >= 0.3 is 0 Å². The van der Waals surface area contributed by atoms with E-state index in [9.17, 15) is 9.59 Å². The van der Waals surface area contributed by atoms with E-state index in [0.29, 0.717) is 77.7 Å². The maximum Gasteiger partial charge on any atom is 0.271 e. The lowest BCUT2D eigenvalue weighted by Gasteiger charge is -2.26. The SMILES string of the molecule is CCn1c(C(=O)N(C2CC2)C2CC2)cc2c3c(ncn3C)c(Nc3nc(C)c(C(=O)N4CCOCC4)s3)nc21. The first-order valence-corrected chi connectivity index (χ1v) is 14.5. The highest BCUT2D eigenvalue weighted by molar-refractivity contribution is 7.17. The quantitative estimate of drug-likeness (QED) is 0.375. The largest absolute Gasteiger partial charge is 0.378 e. The molecule has 0 aromatic carbocycles. The second kappa shape index (κ2) is 9.30. The normalized spacial score (nSPS) is 17.8. The molecule has 7 rings (SSSR count). The van der Waals surface area contributed by atoms with Crippen molar-refractivity contribution in [2.45, 2.75) is 58.2 Å². The number of thiazole rings is 1. The number of nitrogens with zero attached hydrogens (tertiary/aromatic N) is 7. The zero-order valence-electron chi connectivity index (χ0n) is 22.4. The predicted molar refractivity (Wildman–Crippen MR) is 149 cm³/mol. The van der Waals surface area contributed by atoms with Gasteiger partial charge in [-0.15, -0.1) is 0 Å². The van der Waals surface area contributed by atoms with Gasteiger partial charge in [0, 0.05) is 44.2 Å². The Hall–Kier alpha value is -3.51. The standard InChI is InChI=1S/C27H32N8O3S/c1-4-34-19(25(36)35(16-5-6-16)17-7-8-17)13-18-21-20(28-14-32(21)3)23(30-24(18)34)31-27-29-15(2)22(39-27)26(37)33-9-11-38-12-10-33/h13-14,16-17H,4-12H2,1-3H3,(H,29,30,31). The molecule has 0 bridgehead atoms. The van der Waals surface area contributed by atoms with Crippen molar-refractivity contribution in [3.63, 3.8) is 0 Å². The average Bonchev–Trinajstić information content (AvgIpc) is 3.86. The van der Waals surface area contributed by atoms with Gasteiger partial charge in [-0.2, -0.15) is 0 Å². The number of aromatic nitrogens is 5. The molecule has 1 saturated heterocycles. The molecule has 0 unspecified atom stereocenters. The fourth-order valence-electron chi connectivity index (χ4n) is 5.63. The molecule has 2 saturated carbocycles. The third-order valence-electron chi connectivity index (χ3n) is 7.87. The number of anilines is 2. The van der Waals surface area contributed by atoms with Gasteiger partial charge in [0.2, 0.25) is 0 Å². The maximum absolute atomic E-state index is 13.8. The first-order chi connectivity index (χ1) is 18.9. The minimum Gasteiger partial charge on any atom is -0.378 e. The Bertz CT molecular complexity index is 1590. The zero-order chi connectivity index (χ0) is 26.8. The zero-order valence-corrected chi connectivity index (χ0v) is 23.3. The van der Waals surface area contributed by atoms with E-state index in [1.54, 1.807) is 6.33 Å². The van der Waals surface area contributed by atoms with E-state index in [1.165, 1.54) is 11.3 Å². The molecule has 39 heavy (non-hydrogen) atoms. The summed E-state index contributed by atoms with van der Waals surface area (Å²) >= 11 is 1.32. The maximum atomic E-state index is 13.8. The van der Waals surface area contributed by atoms with Crippen LogP contribution in [0.4, 0.5) is 10.9 Å². The lowest BCUT2D eigenvalue weighted by atomic mass is 10.2. The summed E-state index contributed by atoms with van der Waals surface area (Å²) in [5.74, 6) is 0.642. The molecular weight excluding hydrogens is 516 g/mol. The van der Waals surface area contributed by atoms with Crippen molar-refractivity contribution in [2.24, 2.45) is 7.05 Å². The fraction of sp³-hybridized carbons (Fsp3) is 0.519. The van der Waals surface area contributed by atoms with Crippen molar-refractivity contribution in [2.75, 3.05) is 31.6 Å². The molecule has 5 heterocycles. The van der Waals surface area contributed by atoms with E-state index in [4.69, 9.17) is 9.72 Å². The van der Waals surface area contributed by atoms with Crippen LogP contribution in [0.3, 0.4) is 0 Å². The average molecular weight is 549 g/mol. The Balaban J connectivity index is 1.28. The Morgan fingerprint density at radius 1 is 1.15 bits per heavy atom. The number of carbonyl (C=O) groups excluding carboxylic acids is 2. The minimum absolute atomic E-state index is 0.0216. The number of carbonyl (C=O) groups is 2. The van der Waals surface area contributed by atoms with Gasteiger partial charge in [-0.25, -0.2) is 15.0 Å². The number of hydrogen-bond donors (Lipinski definition) is 1. The molecule has 0 spiro atoms. The van der Waals surface area contributed by atoms with E-state index in [1.807, 2.05) is 41.0 Å². The lowest BCUT2D eigenvalue weighted by molar-refractivity contribution is 0.0305. The van der Waals surface area contributed by atoms with Crippen LogP contribution < -0.4 is 5.32 Å². The van der Waals surface area contributed by atoms with E-state index < -0.39 is 0 Å². The lowest BCUT2D eigenvalue weighted by Crippen LogP contribution is -2.40. The van der Waals surface area contributed by atoms with Crippen LogP contribution in [0.2, 0.25) is 0 Å². The molecule has 4 aromatic rings. The number of morpholine rings is 1. The Morgan fingerprint density at radius 3 is 2.54 bits per heavy atom. The molecular formula is C27H32N8O3S. The summed E-state index contributed by atoms with van der Waals surface area (Å²) in [5.41, 5.74) is 3.71. The van der Waals surface area contributed by atoms with Gasteiger partial charge in [-0.3, -0.25) is 9.59 Å². The van der Waals surface area contributed by atoms with E-state index in [-0.39, 0.29) is 11.8 Å². The minimum atomic E-state index is -0.0216. The number of imidazole rings is 1. The van der Waals surface area contributed by atoms with Crippen LogP contribution in [0.15, 0.2) is 12.4 Å². The summed E-state index contributed by atoms with van der Waals surface area (Å²) < 4.78 is 9.39. The number of aryl methyl sites for hydroxylation is 3. The van der Waals surface area contributed by atoms with E-state index in [0.717, 1.165) is 42.2 Å². The molecule has 2 amide bonds. The Morgan fingerprint density at radius 2 is 1.87 bits per heavy atom. The third-order valence-corrected chi connectivity index (χ3v) is 8.93. The first-order valence-electron chi connectivity index (χ1n) is 13.7. The number of amides is 2. The molecule has 0 radical (unpaired) electrons. The van der Waals surface area contributed by atoms with Crippen molar-refractivity contribution < 1.29 is 14.3 Å². The molecule has 11 nitrogen and oxygen atoms in total. The van der Waals surface area contributed by atoms with Crippen molar-refractivity contribution in [3.8, 4) is 0 Å². The monoisotopic (exact) mass is 548 g/mol. The molecule has 2 aliphatic carbocycles. The summed E-state index contributed by atoms with van der Waals surface area (Å²) in [6, 6.07) is 2.74. The smallest absolute Gasteiger partial charge is 0.271 e. The summed E-state index contributed by atoms with van der Waals surface area (Å²) in [6.45, 7) is 6.80. The van der Waals surface area contributed by atoms with Crippen molar-refractivity contribution in [1.82, 2.24) is 33.9 Å². The van der Waals surface area contributed by atoms with Gasteiger partial charge in [-0.05, 0) is 45.6 Å². The summed E-state index contributed by atoms with van der Waals surface area (Å²) in [6.07, 6.45) is 6.14. The summed E-state index contributed by atoms with van der Waals surface area (Å²) in [5, 5.41) is 4.85. The van der Waals surface area contributed by atoms with Crippen LogP contribution in [-0.2, 0) is 18.3 Å². The fourth-order valence-corrected chi connectivity index (χ4v) is 6.56. The van der Waals surface area contributed by atoms with Crippen molar-refractivity contribution in [1.29, 1.82) is 0 Å².